The van der Waals surface area contributed by atoms with E-state index in [0.717, 1.165) is 8.66 Å². The van der Waals surface area contributed by atoms with Crippen molar-refractivity contribution in [1.82, 2.24) is 5.43 Å². The van der Waals surface area contributed by atoms with Crippen molar-refractivity contribution in [2.75, 3.05) is 0 Å². The maximum atomic E-state index is 13.6. The highest BCUT2D eigenvalue weighted by molar-refractivity contribution is 9.11. The molecule has 1 aromatic carbocycles. The van der Waals surface area contributed by atoms with Crippen molar-refractivity contribution < 1.29 is 8.78 Å². The summed E-state index contributed by atoms with van der Waals surface area (Å²) in [6.07, 6.45) is 0. The molecule has 0 aliphatic carbocycles. The van der Waals surface area contributed by atoms with Crippen molar-refractivity contribution in [3.05, 3.63) is 56.2 Å². The molecule has 17 heavy (non-hydrogen) atoms. The Balaban J connectivity index is 2.49. The highest BCUT2D eigenvalue weighted by atomic mass is 79.9. The lowest BCUT2D eigenvalue weighted by molar-refractivity contribution is 0.513. The third-order valence-electron chi connectivity index (χ3n) is 2.33. The molecule has 0 saturated heterocycles. The Kier molecular flexibility index (Phi) is 3.88. The van der Waals surface area contributed by atoms with Gasteiger partial charge in [-0.05, 0) is 40.2 Å². The van der Waals surface area contributed by atoms with Gasteiger partial charge >= 0.3 is 0 Å². The van der Waals surface area contributed by atoms with Crippen LogP contribution in [0.3, 0.4) is 0 Å². The first-order valence-electron chi connectivity index (χ1n) is 4.78. The number of halogens is 3. The molecular weight excluding hydrogens is 310 g/mol. The Labute approximate surface area is 110 Å². The largest absolute Gasteiger partial charge is 0.271 e. The summed E-state index contributed by atoms with van der Waals surface area (Å²) >= 11 is 4.68. The summed E-state index contributed by atoms with van der Waals surface area (Å²) in [6.45, 7) is 0. The molecule has 1 aromatic heterocycles. The van der Waals surface area contributed by atoms with Gasteiger partial charge in [-0.3, -0.25) is 5.84 Å². The van der Waals surface area contributed by atoms with Crippen LogP contribution in [0.25, 0.3) is 0 Å². The van der Waals surface area contributed by atoms with Crippen molar-refractivity contribution >= 4 is 27.3 Å². The molecule has 3 N–H and O–H groups in total. The van der Waals surface area contributed by atoms with Gasteiger partial charge in [0.25, 0.3) is 0 Å². The Morgan fingerprint density at radius 2 is 1.82 bits per heavy atom. The monoisotopic (exact) mass is 318 g/mol. The second kappa shape index (κ2) is 5.22. The predicted molar refractivity (Wildman–Crippen MR) is 67.5 cm³/mol. The zero-order valence-electron chi connectivity index (χ0n) is 8.58. The number of benzene rings is 1. The second-order valence-electron chi connectivity index (χ2n) is 3.38. The zero-order chi connectivity index (χ0) is 12.4. The van der Waals surface area contributed by atoms with Crippen LogP contribution in [0.5, 0.6) is 0 Å². The average Bonchev–Trinajstić information content (AvgIpc) is 2.70. The normalized spacial score (nSPS) is 12.7. The van der Waals surface area contributed by atoms with Gasteiger partial charge in [-0.2, -0.15) is 0 Å². The lowest BCUT2D eigenvalue weighted by atomic mass is 10.0. The molecule has 2 aromatic rings. The van der Waals surface area contributed by atoms with Gasteiger partial charge < -0.3 is 0 Å². The maximum Gasteiger partial charge on any atom is 0.131 e. The van der Waals surface area contributed by atoms with Gasteiger partial charge in [-0.1, -0.05) is 6.07 Å². The molecule has 0 saturated carbocycles. The van der Waals surface area contributed by atoms with Gasteiger partial charge in [0, 0.05) is 10.4 Å². The van der Waals surface area contributed by atoms with Crippen LogP contribution >= 0.6 is 27.3 Å². The van der Waals surface area contributed by atoms with Crippen LogP contribution in [0.4, 0.5) is 8.78 Å². The number of nitrogens with one attached hydrogen (secondary N) is 1. The average molecular weight is 319 g/mol. The Morgan fingerprint density at radius 1 is 1.18 bits per heavy atom. The second-order valence-corrected chi connectivity index (χ2v) is 5.87. The van der Waals surface area contributed by atoms with Crippen LogP contribution in [-0.2, 0) is 0 Å². The zero-order valence-corrected chi connectivity index (χ0v) is 11.0. The minimum absolute atomic E-state index is 0.0654. The molecule has 0 aliphatic rings. The van der Waals surface area contributed by atoms with Gasteiger partial charge in [0.15, 0.2) is 0 Å². The molecule has 1 unspecified atom stereocenters. The minimum Gasteiger partial charge on any atom is -0.271 e. The maximum absolute atomic E-state index is 13.6. The molecule has 6 heteroatoms. The topological polar surface area (TPSA) is 38.0 Å². The highest BCUT2D eigenvalue weighted by Crippen LogP contribution is 2.32. The van der Waals surface area contributed by atoms with Crippen molar-refractivity contribution in [2.24, 2.45) is 5.84 Å². The van der Waals surface area contributed by atoms with E-state index in [1.54, 1.807) is 6.07 Å². The van der Waals surface area contributed by atoms with Crippen molar-refractivity contribution in [1.29, 1.82) is 0 Å². The fourth-order valence-corrected chi connectivity index (χ4v) is 3.07. The van der Waals surface area contributed by atoms with Crippen LogP contribution in [0.2, 0.25) is 0 Å². The van der Waals surface area contributed by atoms with Crippen molar-refractivity contribution in [2.45, 2.75) is 6.04 Å². The summed E-state index contributed by atoms with van der Waals surface area (Å²) in [7, 11) is 0. The fraction of sp³-hybridized carbons (Fsp3) is 0.0909. The molecule has 0 aliphatic heterocycles. The van der Waals surface area contributed by atoms with E-state index >= 15 is 0 Å². The summed E-state index contributed by atoms with van der Waals surface area (Å²) in [4.78, 5) is 0.739. The van der Waals surface area contributed by atoms with Crippen molar-refractivity contribution in [3.8, 4) is 0 Å². The van der Waals surface area contributed by atoms with Gasteiger partial charge in [0.2, 0.25) is 0 Å². The van der Waals surface area contributed by atoms with Crippen LogP contribution in [0.1, 0.15) is 16.5 Å². The van der Waals surface area contributed by atoms with Crippen LogP contribution in [-0.4, -0.2) is 0 Å². The number of thiophene rings is 1. The van der Waals surface area contributed by atoms with E-state index < -0.39 is 17.7 Å². The SMILES string of the molecule is NNC(c1ccc(Br)s1)c1c(F)cccc1F. The number of hydrogen-bond donors (Lipinski definition) is 2. The van der Waals surface area contributed by atoms with E-state index in [4.69, 9.17) is 5.84 Å². The van der Waals surface area contributed by atoms with E-state index in [-0.39, 0.29) is 5.56 Å². The fourth-order valence-electron chi connectivity index (χ4n) is 1.58. The first-order valence-corrected chi connectivity index (χ1v) is 6.39. The molecule has 0 spiro atoms. The molecule has 0 amide bonds. The molecule has 0 fully saturated rings. The van der Waals surface area contributed by atoms with E-state index in [2.05, 4.69) is 21.4 Å². The Bertz CT molecular complexity index is 510. The van der Waals surface area contributed by atoms with Gasteiger partial charge in [0.05, 0.1) is 9.83 Å². The summed E-state index contributed by atoms with van der Waals surface area (Å²) < 4.78 is 28.2. The molecule has 0 bridgehead atoms. The van der Waals surface area contributed by atoms with E-state index in [0.29, 0.717) is 0 Å². The van der Waals surface area contributed by atoms with E-state index in [1.807, 2.05) is 6.07 Å². The molecule has 1 atom stereocenters. The molecule has 2 nitrogen and oxygen atoms in total. The third-order valence-corrected chi connectivity index (χ3v) is 4.02. The Hall–Kier alpha value is -0.820. The molecule has 2 rings (SSSR count). The summed E-state index contributed by atoms with van der Waals surface area (Å²) in [5.74, 6) is 4.16. The summed E-state index contributed by atoms with van der Waals surface area (Å²) in [5, 5.41) is 0. The lowest BCUT2D eigenvalue weighted by Gasteiger charge is -2.16. The van der Waals surface area contributed by atoms with Crippen LogP contribution < -0.4 is 11.3 Å². The Morgan fingerprint density at radius 3 is 2.29 bits per heavy atom. The summed E-state index contributed by atoms with van der Waals surface area (Å²) in [6, 6.07) is 6.64. The number of hydrogen-bond acceptors (Lipinski definition) is 3. The highest BCUT2D eigenvalue weighted by Gasteiger charge is 2.21. The third kappa shape index (κ3) is 2.55. The standard InChI is InChI=1S/C11H9BrF2N2S/c12-9-5-4-8(17-9)11(16-15)10-6(13)2-1-3-7(10)14/h1-5,11,16H,15H2. The van der Waals surface area contributed by atoms with Crippen molar-refractivity contribution in [3.63, 3.8) is 0 Å². The number of hydrazine groups is 1. The molecule has 90 valence electrons. The number of nitrogens with two attached hydrogens (primary N) is 1. The van der Waals surface area contributed by atoms with E-state index in [1.165, 1.54) is 29.5 Å². The van der Waals surface area contributed by atoms with Gasteiger partial charge in [-0.25, -0.2) is 14.2 Å². The van der Waals surface area contributed by atoms with Gasteiger partial charge in [0.1, 0.15) is 11.6 Å². The van der Waals surface area contributed by atoms with Gasteiger partial charge in [-0.15, -0.1) is 11.3 Å². The predicted octanol–water partition coefficient (Wildman–Crippen LogP) is 3.34. The first-order chi connectivity index (χ1) is 8.13. The van der Waals surface area contributed by atoms with E-state index in [9.17, 15) is 8.78 Å². The van der Waals surface area contributed by atoms with Crippen LogP contribution in [0.15, 0.2) is 34.1 Å². The molecule has 0 radical (unpaired) electrons. The smallest absolute Gasteiger partial charge is 0.131 e. The number of rotatable bonds is 3. The molecular formula is C11H9BrF2N2S. The quantitative estimate of drug-likeness (QED) is 0.673. The lowest BCUT2D eigenvalue weighted by Crippen LogP contribution is -2.29. The summed E-state index contributed by atoms with van der Waals surface area (Å²) in [5.41, 5.74) is 2.37. The minimum atomic E-state index is -0.688. The van der Waals surface area contributed by atoms with Crippen LogP contribution in [0, 0.1) is 11.6 Å². The first kappa shape index (κ1) is 12.6. The molecule has 1 heterocycles.